The molecule has 0 aromatic heterocycles. The van der Waals surface area contributed by atoms with Gasteiger partial charge in [-0.15, -0.1) is 0 Å². The van der Waals surface area contributed by atoms with Crippen LogP contribution in [0.3, 0.4) is 0 Å². The fourth-order valence-corrected chi connectivity index (χ4v) is 5.62. The number of hydrogen-bond acceptors (Lipinski definition) is 0. The van der Waals surface area contributed by atoms with Crippen LogP contribution in [0.1, 0.15) is 75.6 Å². The van der Waals surface area contributed by atoms with Gasteiger partial charge in [0.1, 0.15) is 0 Å². The molecule has 0 heterocycles. The molecule has 2 aliphatic rings. The summed E-state index contributed by atoms with van der Waals surface area (Å²) in [6.45, 7) is 11.4. The van der Waals surface area contributed by atoms with Gasteiger partial charge in [0.2, 0.25) is 0 Å². The largest absolute Gasteiger partial charge is 0.0695 e. The quantitative estimate of drug-likeness (QED) is 0.367. The molecule has 0 nitrogen and oxygen atoms in total. The monoisotopic (exact) mass is 444 g/mol. The topological polar surface area (TPSA) is 0 Å². The van der Waals surface area contributed by atoms with E-state index in [1.54, 1.807) is 0 Å². The molecule has 0 saturated heterocycles. The van der Waals surface area contributed by atoms with E-state index in [1.807, 2.05) is 0 Å². The average molecular weight is 445 g/mol. The molecule has 0 N–H and O–H groups in total. The van der Waals surface area contributed by atoms with Gasteiger partial charge >= 0.3 is 0 Å². The Morgan fingerprint density at radius 3 is 2.12 bits per heavy atom. The molecule has 0 saturated carbocycles. The minimum absolute atomic E-state index is 0.181. The van der Waals surface area contributed by atoms with Crippen LogP contribution in [0.5, 0.6) is 0 Å². The fourth-order valence-electron chi connectivity index (χ4n) is 5.62. The van der Waals surface area contributed by atoms with Gasteiger partial charge in [-0.1, -0.05) is 123 Å². The molecule has 0 bridgehead atoms. The van der Waals surface area contributed by atoms with Gasteiger partial charge < -0.3 is 0 Å². The second-order valence-corrected chi connectivity index (χ2v) is 11.1. The predicted octanol–water partition coefficient (Wildman–Crippen LogP) is 9.59. The Morgan fingerprint density at radius 1 is 0.676 bits per heavy atom. The van der Waals surface area contributed by atoms with E-state index in [0.29, 0.717) is 11.8 Å². The Morgan fingerprint density at radius 2 is 1.41 bits per heavy atom. The summed E-state index contributed by atoms with van der Waals surface area (Å²) in [5.74, 6) is 1.06. The zero-order chi connectivity index (χ0) is 23.9. The van der Waals surface area contributed by atoms with Crippen molar-refractivity contribution in [2.75, 3.05) is 0 Å². The van der Waals surface area contributed by atoms with E-state index < -0.39 is 0 Å². The highest BCUT2D eigenvalue weighted by Crippen LogP contribution is 2.45. The zero-order valence-corrected chi connectivity index (χ0v) is 21.2. The molecule has 34 heavy (non-hydrogen) atoms. The Balaban J connectivity index is 1.36. The predicted molar refractivity (Wildman–Crippen MR) is 148 cm³/mol. The van der Waals surface area contributed by atoms with Gasteiger partial charge in [0.25, 0.3) is 0 Å². The molecule has 3 aromatic carbocycles. The van der Waals surface area contributed by atoms with Gasteiger partial charge in [-0.2, -0.15) is 0 Å². The number of hydrogen-bond donors (Lipinski definition) is 0. The van der Waals surface area contributed by atoms with Crippen molar-refractivity contribution in [1.29, 1.82) is 0 Å². The van der Waals surface area contributed by atoms with Gasteiger partial charge in [0.05, 0.1) is 0 Å². The average Bonchev–Trinajstić information content (AvgIpc) is 3.36. The molecule has 3 aromatic rings. The molecule has 2 unspecified atom stereocenters. The Bertz CT molecular complexity index is 1270. The van der Waals surface area contributed by atoms with Gasteiger partial charge in [-0.05, 0) is 77.0 Å². The van der Waals surface area contributed by atoms with Crippen molar-refractivity contribution in [3.05, 3.63) is 118 Å². The third-order valence-electron chi connectivity index (χ3n) is 7.72. The summed E-state index contributed by atoms with van der Waals surface area (Å²) >= 11 is 0. The van der Waals surface area contributed by atoms with E-state index in [2.05, 4.69) is 126 Å². The van der Waals surface area contributed by atoms with E-state index >= 15 is 0 Å². The Kier molecular flexibility index (Phi) is 5.94. The third-order valence-corrected chi connectivity index (χ3v) is 7.72. The maximum Gasteiger partial charge on any atom is 0.00552 e. The molecule has 0 fully saturated rings. The molecule has 0 heteroatoms. The second-order valence-electron chi connectivity index (χ2n) is 11.1. The first-order chi connectivity index (χ1) is 16.3. The number of allylic oxidation sites excluding steroid dienone is 5. The maximum absolute atomic E-state index is 2.48. The van der Waals surface area contributed by atoms with Gasteiger partial charge in [0.15, 0.2) is 0 Å². The van der Waals surface area contributed by atoms with Crippen LogP contribution in [0.2, 0.25) is 0 Å². The van der Waals surface area contributed by atoms with Crippen LogP contribution in [0.4, 0.5) is 0 Å². The summed E-state index contributed by atoms with van der Waals surface area (Å²) in [5.41, 5.74) is 12.9. The van der Waals surface area contributed by atoms with E-state index in [-0.39, 0.29) is 5.41 Å². The molecular weight excluding hydrogens is 408 g/mol. The van der Waals surface area contributed by atoms with Gasteiger partial charge in [0, 0.05) is 5.92 Å². The van der Waals surface area contributed by atoms with E-state index in [9.17, 15) is 0 Å². The molecule has 2 atom stereocenters. The maximum atomic E-state index is 2.48. The lowest BCUT2D eigenvalue weighted by molar-refractivity contribution is 0.590. The molecule has 172 valence electrons. The fraction of sp³-hybridized carbons (Fsp3) is 0.294. The first-order valence-corrected chi connectivity index (χ1v) is 12.7. The SMILES string of the molecule is CC1=CC(c2ccccc2)=CC1CCC1C(C)=Cc2c(-c3ccc(C(C)(C)C)cc3)cccc21. The Labute approximate surface area is 205 Å². The minimum Gasteiger partial charge on any atom is -0.0695 e. The summed E-state index contributed by atoms with van der Waals surface area (Å²) in [7, 11) is 0. The van der Waals surface area contributed by atoms with Gasteiger partial charge in [-0.3, -0.25) is 0 Å². The summed E-state index contributed by atoms with van der Waals surface area (Å²) < 4.78 is 0. The lowest BCUT2D eigenvalue weighted by Gasteiger charge is -2.20. The number of rotatable bonds is 5. The molecule has 0 aliphatic heterocycles. The van der Waals surface area contributed by atoms with E-state index in [0.717, 1.165) is 0 Å². The lowest BCUT2D eigenvalue weighted by atomic mass is 9.84. The van der Waals surface area contributed by atoms with Crippen molar-refractivity contribution in [2.24, 2.45) is 5.92 Å². The first-order valence-electron chi connectivity index (χ1n) is 12.7. The van der Waals surface area contributed by atoms with Crippen molar-refractivity contribution >= 4 is 11.6 Å². The number of fused-ring (bicyclic) bond motifs is 1. The van der Waals surface area contributed by atoms with Crippen LogP contribution in [0, 0.1) is 5.92 Å². The zero-order valence-electron chi connectivity index (χ0n) is 21.2. The number of benzene rings is 3. The highest BCUT2D eigenvalue weighted by Gasteiger charge is 2.26. The first kappa shape index (κ1) is 22.7. The second kappa shape index (κ2) is 8.91. The van der Waals surface area contributed by atoms with Crippen LogP contribution in [0.25, 0.3) is 22.8 Å². The van der Waals surface area contributed by atoms with Crippen molar-refractivity contribution in [2.45, 2.75) is 58.8 Å². The highest BCUT2D eigenvalue weighted by molar-refractivity contribution is 5.82. The summed E-state index contributed by atoms with van der Waals surface area (Å²) in [5, 5.41) is 0. The van der Waals surface area contributed by atoms with Gasteiger partial charge in [-0.25, -0.2) is 0 Å². The molecule has 2 aliphatic carbocycles. The van der Waals surface area contributed by atoms with Crippen molar-refractivity contribution in [1.82, 2.24) is 0 Å². The lowest BCUT2D eigenvalue weighted by Crippen LogP contribution is -2.10. The summed E-state index contributed by atoms with van der Waals surface area (Å²) in [6.07, 6.45) is 9.68. The van der Waals surface area contributed by atoms with E-state index in [4.69, 9.17) is 0 Å². The molecule has 0 spiro atoms. The van der Waals surface area contributed by atoms with Crippen molar-refractivity contribution in [3.8, 4) is 11.1 Å². The van der Waals surface area contributed by atoms with Crippen LogP contribution in [0.15, 0.2) is 96.1 Å². The molecule has 5 rings (SSSR count). The van der Waals surface area contributed by atoms with Crippen molar-refractivity contribution in [3.63, 3.8) is 0 Å². The third kappa shape index (κ3) is 4.34. The van der Waals surface area contributed by atoms with Crippen LogP contribution >= 0.6 is 0 Å². The van der Waals surface area contributed by atoms with Crippen molar-refractivity contribution < 1.29 is 0 Å². The standard InChI is InChI=1S/C34H36/c1-23-20-28(25-10-7-6-8-11-25)22-27(23)16-19-30-24(2)21-33-31(12-9-13-32(30)33)26-14-17-29(18-15-26)34(3,4)5/h6-15,17-18,20-22,27,30H,16,19H2,1-5H3. The smallest absolute Gasteiger partial charge is 0.00552 e. The Hall–Kier alpha value is -3.12. The van der Waals surface area contributed by atoms with Crippen LogP contribution < -0.4 is 0 Å². The van der Waals surface area contributed by atoms with E-state index in [1.165, 1.54) is 62.9 Å². The molecule has 0 radical (unpaired) electrons. The summed E-state index contributed by atoms with van der Waals surface area (Å²) in [6, 6.07) is 26.9. The molecule has 0 amide bonds. The minimum atomic E-state index is 0.181. The highest BCUT2D eigenvalue weighted by atomic mass is 14.3. The molecular formula is C34H36. The normalized spacial score (nSPS) is 19.5. The summed E-state index contributed by atoms with van der Waals surface area (Å²) in [4.78, 5) is 0. The van der Waals surface area contributed by atoms with Crippen LogP contribution in [-0.4, -0.2) is 0 Å². The van der Waals surface area contributed by atoms with Crippen LogP contribution in [-0.2, 0) is 5.41 Å².